The largest absolute Gasteiger partial charge is 0.407 e. The number of hydrogen-bond acceptors (Lipinski definition) is 5. The van der Waals surface area contributed by atoms with E-state index in [-0.39, 0.29) is 56.3 Å². The van der Waals surface area contributed by atoms with Crippen LogP contribution in [0, 0.1) is 50.2 Å². The van der Waals surface area contributed by atoms with Crippen LogP contribution in [0.15, 0.2) is 72.3 Å². The third-order valence-electron chi connectivity index (χ3n) is 17.8. The van der Waals surface area contributed by atoms with Crippen LogP contribution in [0.1, 0.15) is 128 Å². The van der Waals surface area contributed by atoms with E-state index in [1.165, 1.54) is 10.4 Å². The second-order valence-corrected chi connectivity index (χ2v) is 27.0. The molecule has 11 atom stereocenters. The van der Waals surface area contributed by atoms with Crippen LogP contribution < -0.4 is 10.4 Å². The van der Waals surface area contributed by atoms with Crippen molar-refractivity contribution in [2.75, 3.05) is 6.61 Å². The maximum atomic E-state index is 13.4. The first-order valence-corrected chi connectivity index (χ1v) is 23.6. The number of fused-ring (bicyclic) bond motifs is 9. The average Bonchev–Trinajstić information content (AvgIpc) is 3.45. The molecule has 1 aliphatic heterocycles. The highest BCUT2D eigenvalue weighted by atomic mass is 28.4. The van der Waals surface area contributed by atoms with E-state index in [0.717, 1.165) is 38.5 Å². The summed E-state index contributed by atoms with van der Waals surface area (Å²) in [6.45, 7) is 28.6. The number of benzene rings is 2. The van der Waals surface area contributed by atoms with Crippen molar-refractivity contribution < 1.29 is 24.1 Å². The zero-order valence-corrected chi connectivity index (χ0v) is 37.2. The minimum atomic E-state index is -2.96. The van der Waals surface area contributed by atoms with Crippen molar-refractivity contribution in [3.8, 4) is 0 Å². The Morgan fingerprint density at radius 1 is 0.727 bits per heavy atom. The van der Waals surface area contributed by atoms with E-state index in [0.29, 0.717) is 24.9 Å². The maximum absolute atomic E-state index is 13.4. The van der Waals surface area contributed by atoms with Gasteiger partial charge in [-0.15, -0.1) is 0 Å². The van der Waals surface area contributed by atoms with Gasteiger partial charge in [0.2, 0.25) is 0 Å². The molecule has 6 aliphatic rings. The summed E-state index contributed by atoms with van der Waals surface area (Å²) < 4.78 is 22.0. The summed E-state index contributed by atoms with van der Waals surface area (Å²) in [4.78, 5) is 0. The second-order valence-electron chi connectivity index (χ2n) is 22.7. The van der Waals surface area contributed by atoms with Gasteiger partial charge in [-0.25, -0.2) is 0 Å². The molecule has 1 heterocycles. The molecule has 4 saturated carbocycles. The molecule has 0 bridgehead atoms. The summed E-state index contributed by atoms with van der Waals surface area (Å²) in [7, 11) is -2.96. The van der Waals surface area contributed by atoms with Crippen LogP contribution in [0.4, 0.5) is 0 Å². The molecule has 55 heavy (non-hydrogen) atoms. The molecular weight excluding hydrogens is 697 g/mol. The van der Waals surface area contributed by atoms with E-state index in [2.05, 4.69) is 150 Å². The molecule has 0 aromatic heterocycles. The summed E-state index contributed by atoms with van der Waals surface area (Å²) >= 11 is 0. The Labute approximate surface area is 334 Å². The molecule has 1 saturated heterocycles. The number of aliphatic hydroxyl groups is 2. The summed E-state index contributed by atoms with van der Waals surface area (Å²) in [6, 6.07) is 21.9. The van der Waals surface area contributed by atoms with Crippen LogP contribution >= 0.6 is 0 Å². The van der Waals surface area contributed by atoms with Crippen molar-refractivity contribution in [2.24, 2.45) is 50.2 Å². The molecule has 5 nitrogen and oxygen atoms in total. The van der Waals surface area contributed by atoms with Gasteiger partial charge < -0.3 is 24.1 Å². The fourth-order valence-corrected chi connectivity index (χ4v) is 19.5. The van der Waals surface area contributed by atoms with Crippen LogP contribution in [0.2, 0.25) is 5.04 Å². The smallest absolute Gasteiger partial charge is 0.261 e. The van der Waals surface area contributed by atoms with Crippen LogP contribution in [0.3, 0.4) is 0 Å². The molecule has 0 radical (unpaired) electrons. The fourth-order valence-electron chi connectivity index (χ4n) is 14.8. The normalized spacial score (nSPS) is 42.9. The SMILES string of the molecule is CC1(C)O[C@H]2[C@H](O1)[C@@]1(CO[Si](c3ccccc3)(c3ccccc3)C(C)(C)C)C(CC2(C)C)C2=CCC3[C@@]4(C)CC[C@H](O)C(C)(C)C4CC[C@@]3(C)[C@]2(C)C[C@H]1O. The number of aliphatic hydroxyl groups excluding tert-OH is 2. The lowest BCUT2D eigenvalue weighted by atomic mass is 9.33. The highest BCUT2D eigenvalue weighted by Crippen LogP contribution is 2.76. The van der Waals surface area contributed by atoms with E-state index >= 15 is 0 Å². The standard InChI is InChI=1S/C49H72O5Si/c1-42(2,3)55(32-19-15-13-16-20-32,33-21-17-14-18-22-33)52-31-49-35(29-43(4,5)40-41(49)54-45(8,9)53-40)34-23-24-37-46(10)27-26-38(50)44(6,7)36(46)25-28-47(37,11)48(34,12)30-39(49)51/h13-23,35-41,50-51H,24-31H2,1-12H3/t35?,36?,37?,38-,39+,40-,41-,46-,47+,48+,49-/m0/s1. The molecule has 2 aromatic rings. The van der Waals surface area contributed by atoms with E-state index in [1.807, 2.05) is 0 Å². The van der Waals surface area contributed by atoms with Crippen LogP contribution in [0.25, 0.3) is 0 Å². The Kier molecular flexibility index (Phi) is 9.16. The van der Waals surface area contributed by atoms with Gasteiger partial charge in [0.1, 0.15) is 0 Å². The highest BCUT2D eigenvalue weighted by Gasteiger charge is 2.75. The van der Waals surface area contributed by atoms with Crippen LogP contribution in [-0.4, -0.2) is 55.3 Å². The zero-order valence-electron chi connectivity index (χ0n) is 36.2. The predicted octanol–water partition coefficient (Wildman–Crippen LogP) is 9.44. The van der Waals surface area contributed by atoms with Crippen molar-refractivity contribution in [1.29, 1.82) is 0 Å². The molecule has 3 unspecified atom stereocenters. The lowest BCUT2D eigenvalue weighted by Crippen LogP contribution is -2.73. The van der Waals surface area contributed by atoms with Gasteiger partial charge in [-0.2, -0.15) is 0 Å². The number of allylic oxidation sites excluding steroid dienone is 2. The lowest BCUT2D eigenvalue weighted by molar-refractivity contribution is -0.241. The van der Waals surface area contributed by atoms with Crippen molar-refractivity contribution >= 4 is 18.7 Å². The minimum Gasteiger partial charge on any atom is -0.407 e. The molecule has 6 heteroatoms. The highest BCUT2D eigenvalue weighted by molar-refractivity contribution is 6.99. The molecule has 2 N–H and O–H groups in total. The summed E-state index contributed by atoms with van der Waals surface area (Å²) in [6.07, 6.45) is 8.12. The fraction of sp³-hybridized carbons (Fsp3) is 0.714. The molecule has 302 valence electrons. The molecule has 0 amide bonds. The quantitative estimate of drug-likeness (QED) is 0.235. The van der Waals surface area contributed by atoms with E-state index in [9.17, 15) is 10.2 Å². The van der Waals surface area contributed by atoms with Gasteiger partial charge in [-0.1, -0.05) is 142 Å². The Balaban J connectivity index is 1.29. The van der Waals surface area contributed by atoms with Gasteiger partial charge in [0.25, 0.3) is 8.32 Å². The van der Waals surface area contributed by atoms with Crippen LogP contribution in [-0.2, 0) is 13.9 Å². The van der Waals surface area contributed by atoms with Crippen molar-refractivity contribution in [2.45, 2.75) is 163 Å². The molecule has 0 spiro atoms. The topological polar surface area (TPSA) is 68.2 Å². The Morgan fingerprint density at radius 3 is 1.89 bits per heavy atom. The molecule has 5 aliphatic carbocycles. The van der Waals surface area contributed by atoms with Gasteiger partial charge >= 0.3 is 0 Å². The number of rotatable bonds is 5. The van der Waals surface area contributed by atoms with Gasteiger partial charge in [0, 0.05) is 6.61 Å². The first-order chi connectivity index (χ1) is 25.5. The lowest BCUT2D eigenvalue weighted by Gasteiger charge is -2.72. The molecule has 8 rings (SSSR count). The third kappa shape index (κ3) is 5.39. The Hall–Kier alpha value is -1.80. The van der Waals surface area contributed by atoms with Gasteiger partial charge in [0.05, 0.1) is 29.8 Å². The van der Waals surface area contributed by atoms with Gasteiger partial charge in [0.15, 0.2) is 5.79 Å². The molecule has 5 fully saturated rings. The van der Waals surface area contributed by atoms with Gasteiger partial charge in [-0.3, -0.25) is 0 Å². The van der Waals surface area contributed by atoms with E-state index in [4.69, 9.17) is 13.9 Å². The van der Waals surface area contributed by atoms with Crippen molar-refractivity contribution in [3.63, 3.8) is 0 Å². The third-order valence-corrected chi connectivity index (χ3v) is 22.8. The Morgan fingerprint density at radius 2 is 1.31 bits per heavy atom. The van der Waals surface area contributed by atoms with Crippen molar-refractivity contribution in [3.05, 3.63) is 72.3 Å². The second kappa shape index (κ2) is 12.6. The van der Waals surface area contributed by atoms with Crippen molar-refractivity contribution in [1.82, 2.24) is 0 Å². The molecule has 2 aromatic carbocycles. The number of hydrogen-bond donors (Lipinski definition) is 2. The van der Waals surface area contributed by atoms with Gasteiger partial charge in [-0.05, 0) is 119 Å². The Bertz CT molecular complexity index is 1760. The summed E-state index contributed by atoms with van der Waals surface area (Å²) in [5, 5.41) is 27.0. The minimum absolute atomic E-state index is 0.0139. The zero-order chi connectivity index (χ0) is 39.8. The number of ether oxygens (including phenoxy) is 2. The molecular formula is C49H72O5Si. The first kappa shape index (κ1) is 40.0. The average molecular weight is 769 g/mol. The summed E-state index contributed by atoms with van der Waals surface area (Å²) in [5.74, 6) is 0.270. The van der Waals surface area contributed by atoms with Crippen LogP contribution in [0.5, 0.6) is 0 Å². The summed E-state index contributed by atoms with van der Waals surface area (Å²) in [5.41, 5.74) is 0.526. The first-order valence-electron chi connectivity index (χ1n) is 21.7. The van der Waals surface area contributed by atoms with E-state index in [1.54, 1.807) is 5.57 Å². The van der Waals surface area contributed by atoms with E-state index < -0.39 is 25.6 Å². The predicted molar refractivity (Wildman–Crippen MR) is 225 cm³/mol. The maximum Gasteiger partial charge on any atom is 0.261 e. The monoisotopic (exact) mass is 769 g/mol.